The molecule has 1 aliphatic carbocycles. The van der Waals surface area contributed by atoms with Gasteiger partial charge in [0.05, 0.1) is 6.42 Å². The highest BCUT2D eigenvalue weighted by Gasteiger charge is 2.33. The van der Waals surface area contributed by atoms with E-state index in [0.717, 1.165) is 6.42 Å². The second kappa shape index (κ2) is 4.91. The molecule has 0 saturated heterocycles. The van der Waals surface area contributed by atoms with Crippen LogP contribution in [0.1, 0.15) is 32.6 Å². The van der Waals surface area contributed by atoms with Gasteiger partial charge in [0.1, 0.15) is 5.78 Å². The predicted octanol–water partition coefficient (Wildman–Crippen LogP) is 0.335. The molecule has 0 aliphatic heterocycles. The molecule has 0 bridgehead atoms. The van der Waals surface area contributed by atoms with Crippen molar-refractivity contribution in [2.75, 3.05) is 0 Å². The maximum Gasteiger partial charge on any atom is 0.305 e. The molecule has 5 heteroatoms. The fourth-order valence-corrected chi connectivity index (χ4v) is 2.01. The Morgan fingerprint density at radius 3 is 2.67 bits per heavy atom. The van der Waals surface area contributed by atoms with E-state index in [4.69, 9.17) is 5.11 Å². The molecule has 0 aromatic heterocycles. The molecule has 1 amide bonds. The third-order valence-corrected chi connectivity index (χ3v) is 2.62. The molecule has 84 valence electrons. The van der Waals surface area contributed by atoms with Gasteiger partial charge in [0.25, 0.3) is 0 Å². The quantitative estimate of drug-likeness (QED) is 0.705. The van der Waals surface area contributed by atoms with Gasteiger partial charge in [0.2, 0.25) is 5.91 Å². The topological polar surface area (TPSA) is 83.5 Å². The van der Waals surface area contributed by atoms with Crippen LogP contribution < -0.4 is 5.32 Å². The second-order valence-corrected chi connectivity index (χ2v) is 3.87. The Labute approximate surface area is 87.8 Å². The molecule has 15 heavy (non-hydrogen) atoms. The SMILES string of the molecule is CC(=O)NC(CC(=O)O)C1CCCC1=O. The van der Waals surface area contributed by atoms with Gasteiger partial charge >= 0.3 is 5.97 Å². The molecule has 0 spiro atoms. The number of aliphatic carboxylic acids is 1. The summed E-state index contributed by atoms with van der Waals surface area (Å²) in [5, 5.41) is 11.2. The number of carboxylic acids is 1. The zero-order valence-electron chi connectivity index (χ0n) is 8.66. The molecule has 1 rings (SSSR count). The van der Waals surface area contributed by atoms with Crippen LogP contribution in [0.25, 0.3) is 0 Å². The van der Waals surface area contributed by atoms with Crippen molar-refractivity contribution in [2.24, 2.45) is 5.92 Å². The maximum atomic E-state index is 11.4. The first kappa shape index (κ1) is 11.7. The van der Waals surface area contributed by atoms with Gasteiger partial charge in [-0.3, -0.25) is 14.4 Å². The number of carbonyl (C=O) groups excluding carboxylic acids is 2. The largest absolute Gasteiger partial charge is 0.481 e. The predicted molar refractivity (Wildman–Crippen MR) is 52.2 cm³/mol. The van der Waals surface area contributed by atoms with Crippen LogP contribution in [0.4, 0.5) is 0 Å². The zero-order valence-corrected chi connectivity index (χ0v) is 8.66. The monoisotopic (exact) mass is 213 g/mol. The normalized spacial score (nSPS) is 22.5. The van der Waals surface area contributed by atoms with E-state index in [1.54, 1.807) is 0 Å². The average Bonchev–Trinajstić information content (AvgIpc) is 2.48. The molecule has 0 aromatic carbocycles. The van der Waals surface area contributed by atoms with Gasteiger partial charge in [0, 0.05) is 25.3 Å². The molecule has 1 aliphatic rings. The van der Waals surface area contributed by atoms with Crippen molar-refractivity contribution in [3.05, 3.63) is 0 Å². The van der Waals surface area contributed by atoms with Crippen molar-refractivity contribution in [3.8, 4) is 0 Å². The summed E-state index contributed by atoms with van der Waals surface area (Å²) < 4.78 is 0. The highest BCUT2D eigenvalue weighted by molar-refractivity contribution is 5.85. The summed E-state index contributed by atoms with van der Waals surface area (Å²) in [6.07, 6.45) is 1.78. The van der Waals surface area contributed by atoms with Crippen LogP contribution in [0.3, 0.4) is 0 Å². The van der Waals surface area contributed by atoms with Gasteiger partial charge in [-0.25, -0.2) is 0 Å². The number of hydrogen-bond donors (Lipinski definition) is 2. The minimum atomic E-state index is -0.992. The van der Waals surface area contributed by atoms with E-state index in [2.05, 4.69) is 5.32 Å². The van der Waals surface area contributed by atoms with Gasteiger partial charge in [-0.15, -0.1) is 0 Å². The number of carboxylic acid groups (broad SMARTS) is 1. The lowest BCUT2D eigenvalue weighted by Gasteiger charge is -2.21. The highest BCUT2D eigenvalue weighted by Crippen LogP contribution is 2.25. The van der Waals surface area contributed by atoms with Crippen LogP contribution in [0.15, 0.2) is 0 Å². The molecule has 0 aromatic rings. The summed E-state index contributed by atoms with van der Waals surface area (Å²) in [6, 6.07) is -0.546. The molecule has 5 nitrogen and oxygen atoms in total. The Balaban J connectivity index is 2.65. The van der Waals surface area contributed by atoms with Crippen LogP contribution in [-0.4, -0.2) is 28.8 Å². The number of ketones is 1. The van der Waals surface area contributed by atoms with Gasteiger partial charge in [0.15, 0.2) is 0 Å². The lowest BCUT2D eigenvalue weighted by Crippen LogP contribution is -2.42. The number of nitrogens with one attached hydrogen (secondary N) is 1. The van der Waals surface area contributed by atoms with Crippen LogP contribution in [0.5, 0.6) is 0 Å². The van der Waals surface area contributed by atoms with Crippen molar-refractivity contribution >= 4 is 17.7 Å². The maximum absolute atomic E-state index is 11.4. The van der Waals surface area contributed by atoms with Crippen molar-refractivity contribution in [1.82, 2.24) is 5.32 Å². The first-order valence-electron chi connectivity index (χ1n) is 5.02. The van der Waals surface area contributed by atoms with Crippen molar-refractivity contribution < 1.29 is 19.5 Å². The van der Waals surface area contributed by atoms with E-state index in [1.165, 1.54) is 6.92 Å². The van der Waals surface area contributed by atoms with Crippen molar-refractivity contribution in [2.45, 2.75) is 38.6 Å². The lowest BCUT2D eigenvalue weighted by molar-refractivity contribution is -0.138. The van der Waals surface area contributed by atoms with E-state index in [0.29, 0.717) is 12.8 Å². The standard InChI is InChI=1S/C10H15NO4/c1-6(12)11-8(5-10(14)15)7-3-2-4-9(7)13/h7-8H,2-5H2,1H3,(H,11,12)(H,14,15). The molecule has 2 N–H and O–H groups in total. The number of rotatable bonds is 4. The first-order chi connectivity index (χ1) is 7.00. The van der Waals surface area contributed by atoms with E-state index < -0.39 is 12.0 Å². The Morgan fingerprint density at radius 2 is 2.27 bits per heavy atom. The molecule has 0 heterocycles. The van der Waals surface area contributed by atoms with E-state index in [-0.39, 0.29) is 24.0 Å². The van der Waals surface area contributed by atoms with Gasteiger partial charge < -0.3 is 10.4 Å². The summed E-state index contributed by atoms with van der Waals surface area (Å²) in [6.45, 7) is 1.33. The smallest absolute Gasteiger partial charge is 0.305 e. The first-order valence-corrected chi connectivity index (χ1v) is 5.02. The van der Waals surface area contributed by atoms with Crippen LogP contribution in [0, 0.1) is 5.92 Å². The third kappa shape index (κ3) is 3.34. The number of amides is 1. The minimum Gasteiger partial charge on any atom is -0.481 e. The minimum absolute atomic E-state index is 0.0648. The molecular weight excluding hydrogens is 198 g/mol. The van der Waals surface area contributed by atoms with Gasteiger partial charge in [-0.2, -0.15) is 0 Å². The molecule has 2 atom stereocenters. The Morgan fingerprint density at radius 1 is 1.60 bits per heavy atom. The Bertz CT molecular complexity index is 271. The van der Waals surface area contributed by atoms with Crippen LogP contribution in [-0.2, 0) is 14.4 Å². The number of Topliss-reactive ketones (excluding diaryl/α,β-unsaturated/α-hetero) is 1. The molecular formula is C10H15NO4. The lowest BCUT2D eigenvalue weighted by atomic mass is 9.94. The van der Waals surface area contributed by atoms with Gasteiger partial charge in [-0.05, 0) is 12.8 Å². The Kier molecular flexibility index (Phi) is 3.82. The average molecular weight is 213 g/mol. The molecule has 1 saturated carbocycles. The van der Waals surface area contributed by atoms with Crippen LogP contribution >= 0.6 is 0 Å². The van der Waals surface area contributed by atoms with Gasteiger partial charge in [-0.1, -0.05) is 0 Å². The number of hydrogen-bond acceptors (Lipinski definition) is 3. The van der Waals surface area contributed by atoms with Crippen molar-refractivity contribution in [3.63, 3.8) is 0 Å². The summed E-state index contributed by atoms with van der Waals surface area (Å²) in [4.78, 5) is 32.9. The third-order valence-electron chi connectivity index (χ3n) is 2.62. The van der Waals surface area contributed by atoms with E-state index >= 15 is 0 Å². The summed E-state index contributed by atoms with van der Waals surface area (Å²) >= 11 is 0. The second-order valence-electron chi connectivity index (χ2n) is 3.87. The fraction of sp³-hybridized carbons (Fsp3) is 0.700. The summed E-state index contributed by atoms with van der Waals surface area (Å²) in [5.74, 6) is -1.53. The highest BCUT2D eigenvalue weighted by atomic mass is 16.4. The zero-order chi connectivity index (χ0) is 11.4. The van der Waals surface area contributed by atoms with Crippen molar-refractivity contribution in [1.29, 1.82) is 0 Å². The molecule has 2 unspecified atom stereocenters. The molecule has 0 radical (unpaired) electrons. The van der Waals surface area contributed by atoms with E-state index in [9.17, 15) is 14.4 Å². The fourth-order valence-electron chi connectivity index (χ4n) is 2.01. The van der Waals surface area contributed by atoms with Crippen LogP contribution in [0.2, 0.25) is 0 Å². The summed E-state index contributed by atoms with van der Waals surface area (Å²) in [7, 11) is 0. The summed E-state index contributed by atoms with van der Waals surface area (Å²) in [5.41, 5.74) is 0. The van der Waals surface area contributed by atoms with E-state index in [1.807, 2.05) is 0 Å². The molecule has 1 fully saturated rings. The number of carbonyl (C=O) groups is 3. The Hall–Kier alpha value is -1.39.